The van der Waals surface area contributed by atoms with Gasteiger partial charge in [0.25, 0.3) is 15.9 Å². The van der Waals surface area contributed by atoms with Gasteiger partial charge in [-0.1, -0.05) is 15.9 Å². The minimum atomic E-state index is -4.05. The van der Waals surface area contributed by atoms with Crippen LogP contribution in [0, 0.1) is 0 Å². The second-order valence-electron chi connectivity index (χ2n) is 4.29. The third-order valence-electron chi connectivity index (χ3n) is 2.53. The van der Waals surface area contributed by atoms with Crippen LogP contribution in [0.3, 0.4) is 0 Å². The Morgan fingerprint density at radius 3 is 2.39 bits per heavy atom. The zero-order chi connectivity index (χ0) is 17.0. The van der Waals surface area contributed by atoms with Crippen molar-refractivity contribution in [3.05, 3.63) is 46.6 Å². The number of esters is 1. The number of rotatable bonds is 5. The zero-order valence-corrected chi connectivity index (χ0v) is 13.9. The molecule has 0 saturated carbocycles. The van der Waals surface area contributed by atoms with E-state index in [2.05, 4.69) is 21.2 Å². The van der Waals surface area contributed by atoms with Crippen molar-refractivity contribution in [1.29, 1.82) is 0 Å². The number of amides is 1. The normalized spacial score (nSPS) is 11.0. The van der Waals surface area contributed by atoms with Crippen molar-refractivity contribution in [3.63, 3.8) is 0 Å². The summed E-state index contributed by atoms with van der Waals surface area (Å²) in [5.41, 5.74) is 0.531. The van der Waals surface area contributed by atoms with E-state index in [0.29, 0.717) is 5.69 Å². The Hall–Kier alpha value is -2.17. The third kappa shape index (κ3) is 4.91. The van der Waals surface area contributed by atoms with Gasteiger partial charge in [0.2, 0.25) is 10.9 Å². The van der Waals surface area contributed by atoms with E-state index in [4.69, 9.17) is 14.3 Å². The SMILES string of the molecule is NS(=O)(=O)c1ccc(C(=O)OCC(=O)Nc2ccc(Br)cc2)o1. The van der Waals surface area contributed by atoms with Crippen molar-refractivity contribution in [2.45, 2.75) is 5.09 Å². The van der Waals surface area contributed by atoms with E-state index in [0.717, 1.165) is 16.6 Å². The number of carbonyl (C=O) groups excluding carboxylic acids is 2. The minimum Gasteiger partial charge on any atom is -0.450 e. The molecule has 0 spiro atoms. The monoisotopic (exact) mass is 402 g/mol. The molecule has 3 N–H and O–H groups in total. The van der Waals surface area contributed by atoms with Gasteiger partial charge in [-0.3, -0.25) is 4.79 Å². The highest BCUT2D eigenvalue weighted by molar-refractivity contribution is 9.10. The summed E-state index contributed by atoms with van der Waals surface area (Å²) >= 11 is 3.26. The molecule has 2 rings (SSSR count). The van der Waals surface area contributed by atoms with E-state index in [1.807, 2.05) is 0 Å². The van der Waals surface area contributed by atoms with Crippen molar-refractivity contribution < 1.29 is 27.2 Å². The number of hydrogen-bond acceptors (Lipinski definition) is 6. The average Bonchev–Trinajstić information content (AvgIpc) is 2.97. The highest BCUT2D eigenvalue weighted by Gasteiger charge is 2.19. The lowest BCUT2D eigenvalue weighted by atomic mass is 10.3. The smallest absolute Gasteiger partial charge is 0.374 e. The lowest BCUT2D eigenvalue weighted by Gasteiger charge is -2.05. The van der Waals surface area contributed by atoms with E-state index in [9.17, 15) is 18.0 Å². The van der Waals surface area contributed by atoms with Crippen molar-refractivity contribution in [2.24, 2.45) is 5.14 Å². The first kappa shape index (κ1) is 17.2. The van der Waals surface area contributed by atoms with Crippen LogP contribution in [-0.4, -0.2) is 26.9 Å². The Balaban J connectivity index is 1.90. The van der Waals surface area contributed by atoms with Crippen LogP contribution in [0.1, 0.15) is 10.6 Å². The molecule has 8 nitrogen and oxygen atoms in total. The summed E-state index contributed by atoms with van der Waals surface area (Å²) in [6.45, 7) is -0.555. The van der Waals surface area contributed by atoms with Crippen LogP contribution < -0.4 is 10.5 Å². The maximum Gasteiger partial charge on any atom is 0.374 e. The molecule has 23 heavy (non-hydrogen) atoms. The van der Waals surface area contributed by atoms with Gasteiger partial charge in [0.15, 0.2) is 6.61 Å². The summed E-state index contributed by atoms with van der Waals surface area (Å²) in [7, 11) is -4.05. The Labute approximate surface area is 139 Å². The molecular formula is C13H11BrN2O6S. The first-order valence-corrected chi connectivity index (χ1v) is 8.45. The number of nitrogens with two attached hydrogens (primary N) is 1. The lowest BCUT2D eigenvalue weighted by Crippen LogP contribution is -2.20. The highest BCUT2D eigenvalue weighted by Crippen LogP contribution is 2.15. The van der Waals surface area contributed by atoms with Gasteiger partial charge in [0.05, 0.1) is 0 Å². The molecule has 1 aromatic heterocycles. The molecule has 0 fully saturated rings. The molecular weight excluding hydrogens is 392 g/mol. The van der Waals surface area contributed by atoms with Gasteiger partial charge >= 0.3 is 5.97 Å². The first-order valence-electron chi connectivity index (χ1n) is 6.11. The molecule has 0 bridgehead atoms. The molecule has 122 valence electrons. The molecule has 0 unspecified atom stereocenters. The molecule has 0 saturated heterocycles. The van der Waals surface area contributed by atoms with E-state index in [-0.39, 0.29) is 5.76 Å². The number of ether oxygens (including phenoxy) is 1. The van der Waals surface area contributed by atoms with Crippen molar-refractivity contribution in [3.8, 4) is 0 Å². The number of benzene rings is 1. The summed E-state index contributed by atoms with van der Waals surface area (Å²) in [4.78, 5) is 23.3. The quantitative estimate of drug-likeness (QED) is 0.728. The predicted octanol–water partition coefficient (Wildman–Crippen LogP) is 1.48. The van der Waals surface area contributed by atoms with Crippen LogP contribution in [0.4, 0.5) is 5.69 Å². The van der Waals surface area contributed by atoms with Gasteiger partial charge in [0.1, 0.15) is 0 Å². The number of primary sulfonamides is 1. The Morgan fingerprint density at radius 1 is 1.17 bits per heavy atom. The number of nitrogens with one attached hydrogen (secondary N) is 1. The molecule has 1 heterocycles. The Morgan fingerprint density at radius 2 is 1.83 bits per heavy atom. The average molecular weight is 403 g/mol. The Bertz CT molecular complexity index is 828. The summed E-state index contributed by atoms with van der Waals surface area (Å²) in [5.74, 6) is -1.91. The standard InChI is InChI=1S/C13H11BrN2O6S/c14-8-1-3-9(4-2-8)16-11(17)7-21-13(18)10-5-6-12(22-10)23(15,19)20/h1-6H,7H2,(H,16,17)(H2,15,19,20). The van der Waals surface area contributed by atoms with Crippen LogP contribution in [0.5, 0.6) is 0 Å². The summed E-state index contributed by atoms with van der Waals surface area (Å²) in [6.07, 6.45) is 0. The van der Waals surface area contributed by atoms with E-state index in [1.54, 1.807) is 24.3 Å². The fourth-order valence-corrected chi connectivity index (χ4v) is 2.24. The Kier molecular flexibility index (Phi) is 5.19. The second-order valence-corrected chi connectivity index (χ2v) is 6.70. The summed E-state index contributed by atoms with van der Waals surface area (Å²) in [5, 5.41) is 6.80. The number of carbonyl (C=O) groups is 2. The number of halogens is 1. The molecule has 1 aromatic carbocycles. The molecule has 1 amide bonds. The lowest BCUT2D eigenvalue weighted by molar-refractivity contribution is -0.119. The number of furan rings is 1. The van der Waals surface area contributed by atoms with Gasteiger partial charge < -0.3 is 14.5 Å². The van der Waals surface area contributed by atoms with Crippen LogP contribution in [0.2, 0.25) is 0 Å². The predicted molar refractivity (Wildman–Crippen MR) is 83.1 cm³/mol. The fraction of sp³-hybridized carbons (Fsp3) is 0.0769. The van der Waals surface area contributed by atoms with E-state index >= 15 is 0 Å². The maximum absolute atomic E-state index is 11.7. The van der Waals surface area contributed by atoms with Crippen LogP contribution in [-0.2, 0) is 19.6 Å². The second kappa shape index (κ2) is 6.94. The van der Waals surface area contributed by atoms with Gasteiger partial charge in [-0.25, -0.2) is 18.4 Å². The fourth-order valence-electron chi connectivity index (χ4n) is 1.52. The largest absolute Gasteiger partial charge is 0.450 e. The topological polar surface area (TPSA) is 129 Å². The van der Waals surface area contributed by atoms with Gasteiger partial charge in [-0.15, -0.1) is 0 Å². The number of sulfonamides is 1. The van der Waals surface area contributed by atoms with E-state index in [1.165, 1.54) is 0 Å². The summed E-state index contributed by atoms with van der Waals surface area (Å²) in [6, 6.07) is 8.91. The van der Waals surface area contributed by atoms with Crippen molar-refractivity contribution in [2.75, 3.05) is 11.9 Å². The van der Waals surface area contributed by atoms with Crippen molar-refractivity contribution in [1.82, 2.24) is 0 Å². The molecule has 0 aliphatic heterocycles. The molecule has 0 aliphatic carbocycles. The highest BCUT2D eigenvalue weighted by atomic mass is 79.9. The summed E-state index contributed by atoms with van der Waals surface area (Å²) < 4.78 is 32.4. The van der Waals surface area contributed by atoms with Crippen LogP contribution in [0.25, 0.3) is 0 Å². The maximum atomic E-state index is 11.7. The van der Waals surface area contributed by atoms with Gasteiger partial charge in [-0.2, -0.15) is 0 Å². The van der Waals surface area contributed by atoms with Gasteiger partial charge in [0, 0.05) is 10.2 Å². The first-order chi connectivity index (χ1) is 10.8. The van der Waals surface area contributed by atoms with E-state index < -0.39 is 33.6 Å². The molecule has 0 atom stereocenters. The molecule has 10 heteroatoms. The van der Waals surface area contributed by atoms with Crippen molar-refractivity contribution >= 4 is 43.5 Å². The van der Waals surface area contributed by atoms with Crippen LogP contribution in [0.15, 0.2) is 50.4 Å². The number of hydrogen-bond donors (Lipinski definition) is 2. The van der Waals surface area contributed by atoms with Crippen LogP contribution >= 0.6 is 15.9 Å². The molecule has 0 aliphatic rings. The minimum absolute atomic E-state index is 0.370. The third-order valence-corrected chi connectivity index (χ3v) is 3.83. The zero-order valence-electron chi connectivity index (χ0n) is 11.5. The molecule has 2 aromatic rings. The number of anilines is 1. The van der Waals surface area contributed by atoms with Gasteiger partial charge in [-0.05, 0) is 36.4 Å². The molecule has 0 radical (unpaired) electrons.